The van der Waals surface area contributed by atoms with Crippen molar-refractivity contribution in [3.63, 3.8) is 0 Å². The summed E-state index contributed by atoms with van der Waals surface area (Å²) in [4.78, 5) is 40.2. The quantitative estimate of drug-likeness (QED) is 0.405. The first-order valence-electron chi connectivity index (χ1n) is 12.9. The summed E-state index contributed by atoms with van der Waals surface area (Å²) in [5.41, 5.74) is 0.245. The van der Waals surface area contributed by atoms with E-state index in [1.807, 2.05) is 51.1 Å². The average molecular weight is 544 g/mol. The number of ketones is 1. The zero-order chi connectivity index (χ0) is 28.1. The summed E-state index contributed by atoms with van der Waals surface area (Å²) < 4.78 is 28.4. The summed E-state index contributed by atoms with van der Waals surface area (Å²) in [6.45, 7) is 7.43. The second-order valence-electron chi connectivity index (χ2n) is 10.5. The number of sulfonamides is 1. The van der Waals surface area contributed by atoms with Gasteiger partial charge in [0.15, 0.2) is 0 Å². The van der Waals surface area contributed by atoms with Crippen LogP contribution in [0.3, 0.4) is 0 Å². The van der Waals surface area contributed by atoms with Crippen molar-refractivity contribution in [1.82, 2.24) is 14.5 Å². The highest BCUT2D eigenvalue weighted by atomic mass is 32.2. The number of benzene rings is 2. The lowest BCUT2D eigenvalue weighted by molar-refractivity contribution is -0.142. The van der Waals surface area contributed by atoms with E-state index in [9.17, 15) is 27.9 Å². The van der Waals surface area contributed by atoms with E-state index in [4.69, 9.17) is 0 Å². The molecule has 1 aliphatic rings. The van der Waals surface area contributed by atoms with Crippen LogP contribution in [0.5, 0.6) is 0 Å². The molecule has 1 saturated heterocycles. The summed E-state index contributed by atoms with van der Waals surface area (Å²) in [6, 6.07) is 15.1. The fourth-order valence-corrected chi connectivity index (χ4v) is 6.69. The first-order chi connectivity index (χ1) is 17.9. The normalized spacial score (nSPS) is 18.9. The van der Waals surface area contributed by atoms with E-state index in [0.717, 1.165) is 14.8 Å². The third-order valence-electron chi connectivity index (χ3n) is 6.88. The lowest BCUT2D eigenvalue weighted by atomic mass is 9.91. The van der Waals surface area contributed by atoms with E-state index in [-0.39, 0.29) is 24.3 Å². The van der Waals surface area contributed by atoms with Crippen molar-refractivity contribution in [2.45, 2.75) is 76.5 Å². The van der Waals surface area contributed by atoms with E-state index in [1.165, 1.54) is 12.1 Å². The predicted octanol–water partition coefficient (Wildman–Crippen LogP) is 4.42. The molecule has 1 unspecified atom stereocenters. The molecule has 206 valence electrons. The average Bonchev–Trinajstić information content (AvgIpc) is 3.22. The lowest BCUT2D eigenvalue weighted by Crippen LogP contribution is -2.58. The van der Waals surface area contributed by atoms with Crippen molar-refractivity contribution in [2.24, 2.45) is 5.41 Å². The number of Topliss-reactive ketones (excluding diaryl/α,β-unsaturated/α-hetero) is 1. The van der Waals surface area contributed by atoms with Crippen molar-refractivity contribution in [2.75, 3.05) is 6.54 Å². The second-order valence-corrected chi connectivity index (χ2v) is 12.4. The Balaban J connectivity index is 1.97. The minimum Gasteiger partial charge on any atom is -0.465 e. The van der Waals surface area contributed by atoms with Gasteiger partial charge in [0.05, 0.1) is 10.9 Å². The number of hydrogen-bond acceptors (Lipinski definition) is 5. The highest BCUT2D eigenvalue weighted by Crippen LogP contribution is 2.40. The molecule has 3 rings (SSSR count). The summed E-state index contributed by atoms with van der Waals surface area (Å²) >= 11 is 0. The molecule has 1 fully saturated rings. The predicted molar refractivity (Wildman–Crippen MR) is 144 cm³/mol. The molecular weight excluding hydrogens is 506 g/mol. The summed E-state index contributed by atoms with van der Waals surface area (Å²) in [5, 5.41) is 13.0. The molecule has 1 aliphatic heterocycles. The highest BCUT2D eigenvalue weighted by Gasteiger charge is 2.51. The molecule has 2 aromatic rings. The molecule has 0 spiro atoms. The molecule has 0 bridgehead atoms. The Labute approximate surface area is 224 Å². The molecule has 2 amide bonds. The van der Waals surface area contributed by atoms with Gasteiger partial charge in [-0.05, 0) is 42.9 Å². The van der Waals surface area contributed by atoms with Gasteiger partial charge in [0.1, 0.15) is 12.2 Å². The number of nitrogens with zero attached hydrogens (tertiary/aromatic N) is 2. The van der Waals surface area contributed by atoms with Crippen molar-refractivity contribution >= 4 is 27.8 Å². The molecule has 2 N–H and O–H groups in total. The number of hydrogen-bond donors (Lipinski definition) is 2. The first-order valence-corrected chi connectivity index (χ1v) is 14.3. The van der Waals surface area contributed by atoms with Gasteiger partial charge in [-0.3, -0.25) is 14.5 Å². The number of rotatable bonds is 11. The molecule has 0 aliphatic carbocycles. The molecule has 0 aromatic heterocycles. The zero-order valence-corrected chi connectivity index (χ0v) is 23.1. The number of amides is 2. The van der Waals surface area contributed by atoms with E-state index >= 15 is 0 Å². The molecule has 38 heavy (non-hydrogen) atoms. The molecule has 10 heteroatoms. The highest BCUT2D eigenvalue weighted by molar-refractivity contribution is 7.89. The van der Waals surface area contributed by atoms with Gasteiger partial charge < -0.3 is 10.4 Å². The Hall–Kier alpha value is -3.24. The van der Waals surface area contributed by atoms with Gasteiger partial charge in [0.2, 0.25) is 15.8 Å². The van der Waals surface area contributed by atoms with Crippen molar-refractivity contribution in [3.8, 4) is 0 Å². The zero-order valence-electron chi connectivity index (χ0n) is 22.3. The SMILES string of the molecule is CCCC[C@@H](C(=O)C(=O)N[C@H](C)c1ccccc1)N(C(=O)O)C1CC(C)(C)CN1S(=O)(=O)c1ccccc1. The molecule has 9 nitrogen and oxygen atoms in total. The van der Waals surface area contributed by atoms with Crippen molar-refractivity contribution in [3.05, 3.63) is 66.2 Å². The van der Waals surface area contributed by atoms with E-state index in [0.29, 0.717) is 12.8 Å². The fourth-order valence-electron chi connectivity index (χ4n) is 4.90. The number of carbonyl (C=O) groups is 3. The van der Waals surface area contributed by atoms with E-state index in [2.05, 4.69) is 5.32 Å². The first kappa shape index (κ1) is 29.3. The van der Waals surface area contributed by atoms with Crippen LogP contribution in [0.2, 0.25) is 0 Å². The Morgan fingerprint density at radius 2 is 1.66 bits per heavy atom. The number of carboxylic acid groups (broad SMARTS) is 1. The summed E-state index contributed by atoms with van der Waals surface area (Å²) in [5.74, 6) is -1.80. The maximum absolute atomic E-state index is 13.6. The third-order valence-corrected chi connectivity index (χ3v) is 8.74. The standard InChI is InChI=1S/C28H37N3O6S/c1-5-6-17-23(25(32)26(33)29-20(2)21-13-9-7-10-14-21)31(27(34)35)24-18-28(3,4)19-30(24)38(36,37)22-15-11-8-12-16-22/h7-16,20,23-24H,5-6,17-19H2,1-4H3,(H,29,33)(H,34,35)/t20-,23+,24?/m1/s1. The van der Waals surface area contributed by atoms with Crippen LogP contribution in [-0.4, -0.2) is 59.3 Å². The Bertz CT molecular complexity index is 1230. The molecule has 2 aromatic carbocycles. The fraction of sp³-hybridized carbons (Fsp3) is 0.464. The second kappa shape index (κ2) is 12.1. The molecule has 3 atom stereocenters. The van der Waals surface area contributed by atoms with E-state index in [1.54, 1.807) is 25.1 Å². The van der Waals surface area contributed by atoms with Crippen LogP contribution in [-0.2, 0) is 19.6 Å². The molecular formula is C28H37N3O6S. The van der Waals surface area contributed by atoms with Crippen LogP contribution in [0.4, 0.5) is 4.79 Å². The maximum Gasteiger partial charge on any atom is 0.409 e. The maximum atomic E-state index is 13.6. The Kier molecular flexibility index (Phi) is 9.32. The Morgan fingerprint density at radius 1 is 1.08 bits per heavy atom. The van der Waals surface area contributed by atoms with Crippen LogP contribution in [0.25, 0.3) is 0 Å². The van der Waals surface area contributed by atoms with Gasteiger partial charge in [0, 0.05) is 6.54 Å². The minimum atomic E-state index is -4.08. The van der Waals surface area contributed by atoms with Gasteiger partial charge in [-0.2, -0.15) is 4.31 Å². The van der Waals surface area contributed by atoms with Crippen LogP contribution in [0, 0.1) is 5.41 Å². The van der Waals surface area contributed by atoms with Crippen LogP contribution >= 0.6 is 0 Å². The van der Waals surface area contributed by atoms with Gasteiger partial charge in [-0.25, -0.2) is 13.2 Å². The van der Waals surface area contributed by atoms with Gasteiger partial charge in [0.25, 0.3) is 5.91 Å². The van der Waals surface area contributed by atoms with Gasteiger partial charge >= 0.3 is 6.09 Å². The number of carbonyl (C=O) groups excluding carboxylic acids is 2. The Morgan fingerprint density at radius 3 is 2.21 bits per heavy atom. The number of unbranched alkanes of at least 4 members (excludes halogenated alkanes) is 1. The molecule has 1 heterocycles. The number of nitrogens with one attached hydrogen (secondary N) is 1. The summed E-state index contributed by atoms with van der Waals surface area (Å²) in [6.07, 6.45) is -1.14. The van der Waals surface area contributed by atoms with Crippen LogP contribution in [0.1, 0.15) is 65.0 Å². The van der Waals surface area contributed by atoms with Crippen molar-refractivity contribution < 1.29 is 27.9 Å². The monoisotopic (exact) mass is 543 g/mol. The van der Waals surface area contributed by atoms with Crippen LogP contribution in [0.15, 0.2) is 65.6 Å². The minimum absolute atomic E-state index is 0.0407. The smallest absolute Gasteiger partial charge is 0.409 e. The van der Waals surface area contributed by atoms with E-state index < -0.39 is 51.5 Å². The molecule has 0 saturated carbocycles. The third kappa shape index (κ3) is 6.60. The summed E-state index contributed by atoms with van der Waals surface area (Å²) in [7, 11) is -4.08. The van der Waals surface area contributed by atoms with Crippen LogP contribution < -0.4 is 5.32 Å². The van der Waals surface area contributed by atoms with Gasteiger partial charge in [-0.1, -0.05) is 82.1 Å². The largest absolute Gasteiger partial charge is 0.465 e. The topological polar surface area (TPSA) is 124 Å². The van der Waals surface area contributed by atoms with Gasteiger partial charge in [-0.15, -0.1) is 0 Å². The molecule has 0 radical (unpaired) electrons. The lowest BCUT2D eigenvalue weighted by Gasteiger charge is -2.37. The van der Waals surface area contributed by atoms with Crippen molar-refractivity contribution in [1.29, 1.82) is 0 Å².